The minimum absolute atomic E-state index is 0.299. The zero-order valence-electron chi connectivity index (χ0n) is 10.5. The van der Waals surface area contributed by atoms with E-state index in [-0.39, 0.29) is 5.41 Å². The van der Waals surface area contributed by atoms with Gasteiger partial charge in [-0.25, -0.2) is 0 Å². The molecule has 0 unspecified atom stereocenters. The van der Waals surface area contributed by atoms with Gasteiger partial charge in [-0.15, -0.1) is 0 Å². The molecule has 2 heteroatoms. The summed E-state index contributed by atoms with van der Waals surface area (Å²) in [7, 11) is 1.90. The number of benzene rings is 1. The van der Waals surface area contributed by atoms with Crippen molar-refractivity contribution in [3.8, 4) is 0 Å². The fourth-order valence-electron chi connectivity index (χ4n) is 1.53. The van der Waals surface area contributed by atoms with Gasteiger partial charge in [-0.2, -0.15) is 0 Å². The average molecular weight is 216 g/mol. The van der Waals surface area contributed by atoms with Gasteiger partial charge >= 0.3 is 0 Å². The first-order chi connectivity index (χ1) is 7.41. The van der Waals surface area contributed by atoms with E-state index in [4.69, 9.17) is 5.41 Å². The SMILES string of the molecule is C=C(c1ccccc1NC)C(C)(C)C(C)=N. The Bertz CT molecular complexity index is 416. The smallest absolute Gasteiger partial charge is 0.0414 e. The maximum Gasteiger partial charge on any atom is 0.0414 e. The van der Waals surface area contributed by atoms with Gasteiger partial charge in [0.15, 0.2) is 0 Å². The number of rotatable bonds is 4. The summed E-state index contributed by atoms with van der Waals surface area (Å²) in [5.74, 6) is 0. The summed E-state index contributed by atoms with van der Waals surface area (Å²) in [6, 6.07) is 8.05. The average Bonchev–Trinajstić information content (AvgIpc) is 2.27. The van der Waals surface area contributed by atoms with E-state index in [9.17, 15) is 0 Å². The Hall–Kier alpha value is -1.57. The van der Waals surface area contributed by atoms with Crippen molar-refractivity contribution in [3.63, 3.8) is 0 Å². The molecular weight excluding hydrogens is 196 g/mol. The topological polar surface area (TPSA) is 35.9 Å². The molecule has 0 aliphatic heterocycles. The number of nitrogens with one attached hydrogen (secondary N) is 2. The molecule has 0 spiro atoms. The summed E-state index contributed by atoms with van der Waals surface area (Å²) in [4.78, 5) is 0. The van der Waals surface area contributed by atoms with Crippen molar-refractivity contribution in [3.05, 3.63) is 36.4 Å². The van der Waals surface area contributed by atoms with Crippen LogP contribution in [0.5, 0.6) is 0 Å². The lowest BCUT2D eigenvalue weighted by atomic mass is 9.77. The molecular formula is C14H20N2. The summed E-state index contributed by atoms with van der Waals surface area (Å²) >= 11 is 0. The number of hydrogen-bond donors (Lipinski definition) is 2. The van der Waals surface area contributed by atoms with Crippen LogP contribution in [-0.4, -0.2) is 12.8 Å². The zero-order chi connectivity index (χ0) is 12.3. The van der Waals surface area contributed by atoms with Crippen LogP contribution in [0.4, 0.5) is 5.69 Å². The van der Waals surface area contributed by atoms with Gasteiger partial charge in [0.05, 0.1) is 0 Å². The van der Waals surface area contributed by atoms with Crippen molar-refractivity contribution >= 4 is 17.0 Å². The Balaban J connectivity index is 3.19. The van der Waals surface area contributed by atoms with Gasteiger partial charge in [0.1, 0.15) is 0 Å². The van der Waals surface area contributed by atoms with Crippen LogP contribution in [0.25, 0.3) is 5.57 Å². The van der Waals surface area contributed by atoms with E-state index in [0.717, 1.165) is 16.8 Å². The molecule has 0 heterocycles. The van der Waals surface area contributed by atoms with Gasteiger partial charge in [-0.05, 0) is 18.6 Å². The zero-order valence-corrected chi connectivity index (χ0v) is 10.5. The highest BCUT2D eigenvalue weighted by atomic mass is 14.8. The first kappa shape index (κ1) is 12.5. The molecule has 0 aliphatic rings. The second-order valence-electron chi connectivity index (χ2n) is 4.52. The first-order valence-electron chi connectivity index (χ1n) is 5.43. The Morgan fingerprint density at radius 2 is 1.88 bits per heavy atom. The predicted molar refractivity (Wildman–Crippen MR) is 72.2 cm³/mol. The maximum absolute atomic E-state index is 7.82. The molecule has 16 heavy (non-hydrogen) atoms. The summed E-state index contributed by atoms with van der Waals surface area (Å²) in [5.41, 5.74) is 3.45. The third-order valence-electron chi connectivity index (χ3n) is 3.21. The maximum atomic E-state index is 7.82. The molecule has 0 saturated heterocycles. The number of hydrogen-bond acceptors (Lipinski definition) is 2. The molecule has 0 aromatic heterocycles. The van der Waals surface area contributed by atoms with E-state index in [1.165, 1.54) is 0 Å². The van der Waals surface area contributed by atoms with Crippen LogP contribution in [0.2, 0.25) is 0 Å². The fourth-order valence-corrected chi connectivity index (χ4v) is 1.53. The molecule has 0 fully saturated rings. The van der Waals surface area contributed by atoms with Gasteiger partial charge in [0.25, 0.3) is 0 Å². The largest absolute Gasteiger partial charge is 0.388 e. The van der Waals surface area contributed by atoms with Gasteiger partial charge in [-0.1, -0.05) is 38.6 Å². The highest BCUT2D eigenvalue weighted by molar-refractivity contribution is 5.98. The summed E-state index contributed by atoms with van der Waals surface area (Å²) in [6.45, 7) is 10.0. The van der Waals surface area contributed by atoms with Gasteiger partial charge in [0.2, 0.25) is 0 Å². The molecule has 0 aliphatic carbocycles. The Labute approximate surface area is 97.9 Å². The fraction of sp³-hybridized carbons (Fsp3) is 0.357. The summed E-state index contributed by atoms with van der Waals surface area (Å²) in [6.07, 6.45) is 0. The third kappa shape index (κ3) is 2.16. The Morgan fingerprint density at radius 3 is 2.38 bits per heavy atom. The summed E-state index contributed by atoms with van der Waals surface area (Å²) < 4.78 is 0. The normalized spacial score (nSPS) is 11.0. The number of para-hydroxylation sites is 1. The standard InChI is InChI=1S/C14H20N2/c1-10(14(3,4)11(2)15)12-8-6-7-9-13(12)16-5/h6-9,15-16H,1H2,2-5H3. The Kier molecular flexibility index (Phi) is 3.53. The second kappa shape index (κ2) is 4.52. The molecule has 2 N–H and O–H groups in total. The van der Waals surface area contributed by atoms with Crippen LogP contribution in [0.3, 0.4) is 0 Å². The molecule has 1 aromatic rings. The highest BCUT2D eigenvalue weighted by Gasteiger charge is 2.26. The van der Waals surface area contributed by atoms with Crippen molar-refractivity contribution < 1.29 is 0 Å². The van der Waals surface area contributed by atoms with Crippen molar-refractivity contribution in [2.45, 2.75) is 20.8 Å². The molecule has 0 saturated carbocycles. The van der Waals surface area contributed by atoms with E-state index in [2.05, 4.69) is 11.9 Å². The first-order valence-corrected chi connectivity index (χ1v) is 5.43. The molecule has 2 nitrogen and oxygen atoms in total. The molecule has 0 radical (unpaired) electrons. The van der Waals surface area contributed by atoms with Crippen molar-refractivity contribution in [2.75, 3.05) is 12.4 Å². The van der Waals surface area contributed by atoms with Crippen molar-refractivity contribution in [1.82, 2.24) is 0 Å². The second-order valence-corrected chi connectivity index (χ2v) is 4.52. The van der Waals surface area contributed by atoms with Crippen LogP contribution in [0.1, 0.15) is 26.3 Å². The third-order valence-corrected chi connectivity index (χ3v) is 3.21. The van der Waals surface area contributed by atoms with Crippen molar-refractivity contribution in [1.29, 1.82) is 5.41 Å². The molecule has 1 rings (SSSR count). The van der Waals surface area contributed by atoms with E-state index in [1.807, 2.05) is 52.1 Å². The lowest BCUT2D eigenvalue weighted by Gasteiger charge is -2.28. The number of anilines is 1. The van der Waals surface area contributed by atoms with E-state index in [0.29, 0.717) is 5.71 Å². The summed E-state index contributed by atoms with van der Waals surface area (Å²) in [5, 5.41) is 11.0. The molecule has 86 valence electrons. The van der Waals surface area contributed by atoms with Gasteiger partial charge < -0.3 is 10.7 Å². The monoisotopic (exact) mass is 216 g/mol. The minimum atomic E-state index is -0.299. The van der Waals surface area contributed by atoms with Crippen LogP contribution in [0.15, 0.2) is 30.8 Å². The highest BCUT2D eigenvalue weighted by Crippen LogP contribution is 2.37. The predicted octanol–water partition coefficient (Wildman–Crippen LogP) is 3.81. The van der Waals surface area contributed by atoms with Crippen LogP contribution in [-0.2, 0) is 0 Å². The molecule has 0 bridgehead atoms. The molecule has 1 aromatic carbocycles. The van der Waals surface area contributed by atoms with Crippen LogP contribution in [0, 0.1) is 10.8 Å². The van der Waals surface area contributed by atoms with Gasteiger partial charge in [0, 0.05) is 29.4 Å². The molecule has 0 atom stereocenters. The quantitative estimate of drug-likeness (QED) is 0.738. The van der Waals surface area contributed by atoms with Gasteiger partial charge in [-0.3, -0.25) is 0 Å². The lowest BCUT2D eigenvalue weighted by Crippen LogP contribution is -2.22. The van der Waals surface area contributed by atoms with E-state index >= 15 is 0 Å². The lowest BCUT2D eigenvalue weighted by molar-refractivity contribution is 0.693. The minimum Gasteiger partial charge on any atom is -0.388 e. The number of allylic oxidation sites excluding steroid dienone is 1. The molecule has 0 amide bonds. The van der Waals surface area contributed by atoms with Crippen LogP contribution >= 0.6 is 0 Å². The van der Waals surface area contributed by atoms with Crippen molar-refractivity contribution in [2.24, 2.45) is 5.41 Å². The Morgan fingerprint density at radius 1 is 1.31 bits per heavy atom. The van der Waals surface area contributed by atoms with Crippen LogP contribution < -0.4 is 5.32 Å². The van der Waals surface area contributed by atoms with E-state index < -0.39 is 0 Å². The van der Waals surface area contributed by atoms with E-state index in [1.54, 1.807) is 0 Å².